The topological polar surface area (TPSA) is 71.7 Å². The van der Waals surface area contributed by atoms with Crippen LogP contribution in [0.5, 0.6) is 5.75 Å². The first kappa shape index (κ1) is 15.6. The molecule has 3 rings (SSSR count). The second kappa shape index (κ2) is 6.87. The average Bonchev–Trinajstić information content (AvgIpc) is 2.98. The van der Waals surface area contributed by atoms with Gasteiger partial charge in [0.15, 0.2) is 5.76 Å². The number of aliphatic hydroxyl groups excluding tert-OH is 1. The molecule has 0 bridgehead atoms. The molecule has 5 nitrogen and oxygen atoms in total. The predicted molar refractivity (Wildman–Crippen MR) is 86.7 cm³/mol. The summed E-state index contributed by atoms with van der Waals surface area (Å²) in [5.41, 5.74) is 1.47. The lowest BCUT2D eigenvalue weighted by molar-refractivity contribution is 0.00688. The maximum absolute atomic E-state index is 12.1. The summed E-state index contributed by atoms with van der Waals surface area (Å²) in [6.45, 7) is 1.82. The molecular formula is C18H21NO4. The molecule has 0 radical (unpaired) electrons. The smallest absolute Gasteiger partial charge is 0.291 e. The first-order valence-electron chi connectivity index (χ1n) is 7.94. The summed E-state index contributed by atoms with van der Waals surface area (Å²) in [6.07, 6.45) is 4.76. The largest absolute Gasteiger partial charge is 0.488 e. The van der Waals surface area contributed by atoms with Crippen molar-refractivity contribution in [1.82, 2.24) is 0 Å². The molecule has 5 heteroatoms. The number of hydrogen-bond acceptors (Lipinski definition) is 4. The Morgan fingerprint density at radius 2 is 1.96 bits per heavy atom. The van der Waals surface area contributed by atoms with E-state index >= 15 is 0 Å². The molecule has 0 unspecified atom stereocenters. The first-order valence-corrected chi connectivity index (χ1v) is 7.94. The summed E-state index contributed by atoms with van der Waals surface area (Å²) in [5, 5.41) is 12.7. The molecule has 23 heavy (non-hydrogen) atoms. The number of rotatable bonds is 4. The van der Waals surface area contributed by atoms with Gasteiger partial charge in [0.2, 0.25) is 0 Å². The van der Waals surface area contributed by atoms with E-state index in [0.717, 1.165) is 31.2 Å². The molecule has 1 aromatic carbocycles. The van der Waals surface area contributed by atoms with Crippen molar-refractivity contribution in [2.24, 2.45) is 0 Å². The van der Waals surface area contributed by atoms with Crippen LogP contribution in [-0.2, 0) is 0 Å². The minimum absolute atomic E-state index is 0.144. The number of aryl methyl sites for hydroxylation is 1. The average molecular weight is 315 g/mol. The van der Waals surface area contributed by atoms with Crippen LogP contribution in [0, 0.1) is 6.92 Å². The Hall–Kier alpha value is -2.27. The highest BCUT2D eigenvalue weighted by atomic mass is 16.5. The Kier molecular flexibility index (Phi) is 4.67. The number of anilines is 1. The van der Waals surface area contributed by atoms with E-state index in [4.69, 9.17) is 9.15 Å². The van der Waals surface area contributed by atoms with Crippen molar-refractivity contribution in [3.8, 4) is 5.75 Å². The van der Waals surface area contributed by atoms with Crippen LogP contribution in [0.25, 0.3) is 0 Å². The Bertz CT molecular complexity index is 662. The van der Waals surface area contributed by atoms with Gasteiger partial charge in [0.05, 0.1) is 12.4 Å². The van der Waals surface area contributed by atoms with Gasteiger partial charge in [-0.15, -0.1) is 0 Å². The van der Waals surface area contributed by atoms with E-state index in [2.05, 4.69) is 5.32 Å². The van der Waals surface area contributed by atoms with Crippen molar-refractivity contribution in [3.63, 3.8) is 0 Å². The molecule has 1 amide bonds. The highest BCUT2D eigenvalue weighted by molar-refractivity contribution is 6.03. The molecule has 1 aliphatic carbocycles. The van der Waals surface area contributed by atoms with Gasteiger partial charge in [0.1, 0.15) is 11.9 Å². The molecular weight excluding hydrogens is 294 g/mol. The van der Waals surface area contributed by atoms with Crippen LogP contribution in [0.1, 0.15) is 41.8 Å². The van der Waals surface area contributed by atoms with E-state index in [1.807, 2.05) is 6.92 Å². The van der Waals surface area contributed by atoms with Crippen molar-refractivity contribution >= 4 is 11.6 Å². The van der Waals surface area contributed by atoms with Gasteiger partial charge in [0, 0.05) is 11.3 Å². The third-order valence-electron chi connectivity index (χ3n) is 4.14. The van der Waals surface area contributed by atoms with Crippen molar-refractivity contribution in [1.29, 1.82) is 0 Å². The maximum atomic E-state index is 12.1. The molecule has 0 aliphatic heterocycles. The molecule has 122 valence electrons. The molecule has 1 fully saturated rings. The summed E-state index contributed by atoms with van der Waals surface area (Å²) in [6, 6.07) is 8.90. The lowest BCUT2D eigenvalue weighted by Crippen LogP contribution is -2.34. The molecule has 2 N–H and O–H groups in total. The van der Waals surface area contributed by atoms with Gasteiger partial charge < -0.3 is 19.6 Å². The van der Waals surface area contributed by atoms with E-state index in [1.54, 1.807) is 30.3 Å². The van der Waals surface area contributed by atoms with Crippen LogP contribution >= 0.6 is 0 Å². The molecule has 1 heterocycles. The molecule has 2 atom stereocenters. The molecule has 2 aromatic rings. The number of benzene rings is 1. The fourth-order valence-electron chi connectivity index (χ4n) is 2.80. The van der Waals surface area contributed by atoms with Crippen LogP contribution < -0.4 is 10.1 Å². The second-order valence-corrected chi connectivity index (χ2v) is 5.92. The van der Waals surface area contributed by atoms with Crippen LogP contribution in [0.2, 0.25) is 0 Å². The second-order valence-electron chi connectivity index (χ2n) is 5.92. The van der Waals surface area contributed by atoms with Crippen LogP contribution in [0.15, 0.2) is 41.0 Å². The molecule has 0 saturated heterocycles. The molecule has 1 saturated carbocycles. The van der Waals surface area contributed by atoms with E-state index in [0.29, 0.717) is 17.2 Å². The van der Waals surface area contributed by atoms with E-state index in [-0.39, 0.29) is 12.0 Å². The number of carbonyl (C=O) groups excluding carboxylic acids is 1. The lowest BCUT2D eigenvalue weighted by Gasteiger charge is -2.28. The fraction of sp³-hybridized carbons (Fsp3) is 0.389. The number of ether oxygens (including phenoxy) is 1. The van der Waals surface area contributed by atoms with Crippen molar-refractivity contribution in [3.05, 3.63) is 47.9 Å². The SMILES string of the molecule is Cc1ccoc1C(=O)Nc1ccc(O[C@@H]2CCCC[C@H]2O)cc1. The normalized spacial score (nSPS) is 21.0. The highest BCUT2D eigenvalue weighted by Gasteiger charge is 2.24. The zero-order chi connectivity index (χ0) is 16.2. The van der Waals surface area contributed by atoms with Crippen molar-refractivity contribution in [2.75, 3.05) is 5.32 Å². The summed E-state index contributed by atoms with van der Waals surface area (Å²) in [7, 11) is 0. The van der Waals surface area contributed by atoms with Gasteiger partial charge in [0.25, 0.3) is 5.91 Å². The van der Waals surface area contributed by atoms with E-state index in [1.165, 1.54) is 6.26 Å². The molecule has 1 aliphatic rings. The Balaban J connectivity index is 1.61. The number of hydrogen-bond donors (Lipinski definition) is 2. The molecule has 0 spiro atoms. The highest BCUT2D eigenvalue weighted by Crippen LogP contribution is 2.25. The summed E-state index contributed by atoms with van der Waals surface area (Å²) < 4.78 is 11.0. The van der Waals surface area contributed by atoms with Gasteiger partial charge in [-0.3, -0.25) is 4.79 Å². The predicted octanol–water partition coefficient (Wildman–Crippen LogP) is 3.52. The summed E-state index contributed by atoms with van der Waals surface area (Å²) >= 11 is 0. The standard InChI is InChI=1S/C18H21NO4/c1-12-10-11-22-17(12)18(21)19-13-6-8-14(9-7-13)23-16-5-3-2-4-15(16)20/h6-11,15-16,20H,2-5H2,1H3,(H,19,21)/t15-,16-/m1/s1. The number of nitrogens with one attached hydrogen (secondary N) is 1. The Morgan fingerprint density at radius 1 is 1.22 bits per heavy atom. The van der Waals surface area contributed by atoms with Crippen molar-refractivity contribution in [2.45, 2.75) is 44.8 Å². The molecule has 1 aromatic heterocycles. The van der Waals surface area contributed by atoms with Gasteiger partial charge in [-0.2, -0.15) is 0 Å². The minimum Gasteiger partial charge on any atom is -0.488 e. The third kappa shape index (κ3) is 3.74. The summed E-state index contributed by atoms with van der Waals surface area (Å²) in [4.78, 5) is 12.1. The third-order valence-corrected chi connectivity index (χ3v) is 4.14. The van der Waals surface area contributed by atoms with Crippen molar-refractivity contribution < 1.29 is 19.1 Å². The number of amides is 1. The first-order chi connectivity index (χ1) is 11.1. The zero-order valence-electron chi connectivity index (χ0n) is 13.1. The summed E-state index contributed by atoms with van der Waals surface area (Å²) in [5.74, 6) is 0.739. The van der Waals surface area contributed by atoms with E-state index in [9.17, 15) is 9.90 Å². The van der Waals surface area contributed by atoms with Crippen LogP contribution in [0.4, 0.5) is 5.69 Å². The zero-order valence-corrected chi connectivity index (χ0v) is 13.1. The number of furan rings is 1. The van der Waals surface area contributed by atoms with Gasteiger partial charge in [-0.05, 0) is 56.5 Å². The van der Waals surface area contributed by atoms with Crippen LogP contribution in [0.3, 0.4) is 0 Å². The Labute approximate surface area is 135 Å². The number of carbonyl (C=O) groups is 1. The maximum Gasteiger partial charge on any atom is 0.291 e. The van der Waals surface area contributed by atoms with Crippen LogP contribution in [-0.4, -0.2) is 23.2 Å². The lowest BCUT2D eigenvalue weighted by atomic mass is 9.95. The van der Waals surface area contributed by atoms with E-state index < -0.39 is 6.10 Å². The Morgan fingerprint density at radius 3 is 2.61 bits per heavy atom. The quantitative estimate of drug-likeness (QED) is 0.905. The fourth-order valence-corrected chi connectivity index (χ4v) is 2.80. The monoisotopic (exact) mass is 315 g/mol. The minimum atomic E-state index is -0.398. The van der Waals surface area contributed by atoms with Gasteiger partial charge in [-0.25, -0.2) is 0 Å². The number of aliphatic hydroxyl groups is 1. The van der Waals surface area contributed by atoms with Gasteiger partial charge in [-0.1, -0.05) is 6.42 Å². The van der Waals surface area contributed by atoms with Gasteiger partial charge >= 0.3 is 0 Å².